The first-order valence-corrected chi connectivity index (χ1v) is 4.34. The number of halogens is 1. The molecule has 2 N–H and O–H groups in total. The summed E-state index contributed by atoms with van der Waals surface area (Å²) in [6.45, 7) is 2.49. The molecule has 0 saturated carbocycles. The molecule has 0 heterocycles. The van der Waals surface area contributed by atoms with Crippen LogP contribution in [0.2, 0.25) is 0 Å². The van der Waals surface area contributed by atoms with Gasteiger partial charge < -0.3 is 10.5 Å². The SMILES string of the molecule is CC(CCN)Oc1cccc(F)c1. The third-order valence-corrected chi connectivity index (χ3v) is 1.71. The third-order valence-electron chi connectivity index (χ3n) is 1.71. The first-order valence-electron chi connectivity index (χ1n) is 4.34. The Balaban J connectivity index is 2.53. The van der Waals surface area contributed by atoms with Gasteiger partial charge in [0.25, 0.3) is 0 Å². The van der Waals surface area contributed by atoms with E-state index in [1.807, 2.05) is 6.92 Å². The van der Waals surface area contributed by atoms with Crippen molar-refractivity contribution in [1.29, 1.82) is 0 Å². The standard InChI is InChI=1S/C10H14FNO/c1-8(5-6-12)13-10-4-2-3-9(11)7-10/h2-4,7-8H,5-6,12H2,1H3. The van der Waals surface area contributed by atoms with Crippen molar-refractivity contribution >= 4 is 0 Å². The summed E-state index contributed by atoms with van der Waals surface area (Å²) in [4.78, 5) is 0. The van der Waals surface area contributed by atoms with Crippen LogP contribution in [0, 0.1) is 5.82 Å². The zero-order valence-corrected chi connectivity index (χ0v) is 7.66. The maximum Gasteiger partial charge on any atom is 0.126 e. The van der Waals surface area contributed by atoms with Crippen LogP contribution in [0.15, 0.2) is 24.3 Å². The summed E-state index contributed by atoms with van der Waals surface area (Å²) in [5.41, 5.74) is 5.36. The molecule has 3 heteroatoms. The predicted molar refractivity (Wildman–Crippen MR) is 50.2 cm³/mol. The molecule has 13 heavy (non-hydrogen) atoms. The summed E-state index contributed by atoms with van der Waals surface area (Å²) in [5.74, 6) is 0.276. The zero-order chi connectivity index (χ0) is 9.68. The molecular formula is C10H14FNO. The number of benzene rings is 1. The monoisotopic (exact) mass is 183 g/mol. The van der Waals surface area contributed by atoms with E-state index < -0.39 is 0 Å². The minimum Gasteiger partial charge on any atom is -0.491 e. The second-order valence-electron chi connectivity index (χ2n) is 2.96. The normalized spacial score (nSPS) is 12.5. The first-order chi connectivity index (χ1) is 6.22. The van der Waals surface area contributed by atoms with Gasteiger partial charge in [0.15, 0.2) is 0 Å². The molecule has 0 saturated heterocycles. The Bertz CT molecular complexity index is 265. The summed E-state index contributed by atoms with van der Waals surface area (Å²) in [5, 5.41) is 0. The van der Waals surface area contributed by atoms with E-state index in [4.69, 9.17) is 10.5 Å². The van der Waals surface area contributed by atoms with Crippen LogP contribution < -0.4 is 10.5 Å². The summed E-state index contributed by atoms with van der Waals surface area (Å²) >= 11 is 0. The maximum atomic E-state index is 12.7. The van der Waals surface area contributed by atoms with E-state index in [-0.39, 0.29) is 11.9 Å². The van der Waals surface area contributed by atoms with Crippen molar-refractivity contribution in [2.24, 2.45) is 5.73 Å². The van der Waals surface area contributed by atoms with Gasteiger partial charge in [0, 0.05) is 6.07 Å². The van der Waals surface area contributed by atoms with Crippen LogP contribution in [0.5, 0.6) is 5.75 Å². The maximum absolute atomic E-state index is 12.7. The second kappa shape index (κ2) is 4.82. The molecular weight excluding hydrogens is 169 g/mol. The molecule has 0 aliphatic heterocycles. The molecule has 0 spiro atoms. The highest BCUT2D eigenvalue weighted by Gasteiger charge is 2.02. The van der Waals surface area contributed by atoms with Crippen LogP contribution in [-0.2, 0) is 0 Å². The van der Waals surface area contributed by atoms with Crippen molar-refractivity contribution in [3.63, 3.8) is 0 Å². The van der Waals surface area contributed by atoms with Crippen LogP contribution in [0.25, 0.3) is 0 Å². The lowest BCUT2D eigenvalue weighted by Gasteiger charge is -2.13. The molecule has 0 aliphatic rings. The van der Waals surface area contributed by atoms with Crippen molar-refractivity contribution in [3.8, 4) is 5.75 Å². The van der Waals surface area contributed by atoms with Gasteiger partial charge in [-0.3, -0.25) is 0 Å². The molecule has 0 amide bonds. The van der Waals surface area contributed by atoms with Gasteiger partial charge in [0.2, 0.25) is 0 Å². The van der Waals surface area contributed by atoms with Crippen LogP contribution in [0.3, 0.4) is 0 Å². The molecule has 1 atom stereocenters. The van der Waals surface area contributed by atoms with E-state index in [1.54, 1.807) is 12.1 Å². The van der Waals surface area contributed by atoms with Gasteiger partial charge in [0.05, 0.1) is 6.10 Å². The van der Waals surface area contributed by atoms with E-state index in [2.05, 4.69) is 0 Å². The van der Waals surface area contributed by atoms with Crippen molar-refractivity contribution in [1.82, 2.24) is 0 Å². The molecule has 0 bridgehead atoms. The highest BCUT2D eigenvalue weighted by atomic mass is 19.1. The number of hydrogen-bond acceptors (Lipinski definition) is 2. The van der Waals surface area contributed by atoms with Gasteiger partial charge in [-0.25, -0.2) is 4.39 Å². The summed E-state index contributed by atoms with van der Waals surface area (Å²) in [6.07, 6.45) is 0.808. The molecule has 0 aromatic heterocycles. The molecule has 1 aromatic carbocycles. The van der Waals surface area contributed by atoms with Gasteiger partial charge in [-0.1, -0.05) is 6.07 Å². The average molecular weight is 183 g/mol. The van der Waals surface area contributed by atoms with E-state index in [9.17, 15) is 4.39 Å². The molecule has 2 nitrogen and oxygen atoms in total. The first kappa shape index (κ1) is 9.99. The van der Waals surface area contributed by atoms with Gasteiger partial charge in [-0.15, -0.1) is 0 Å². The third kappa shape index (κ3) is 3.42. The minimum atomic E-state index is -0.280. The van der Waals surface area contributed by atoms with Crippen LogP contribution in [0.4, 0.5) is 4.39 Å². The largest absolute Gasteiger partial charge is 0.491 e. The Morgan fingerprint density at radius 3 is 2.92 bits per heavy atom. The summed E-state index contributed by atoms with van der Waals surface area (Å²) in [6, 6.07) is 6.11. The van der Waals surface area contributed by atoms with Crippen LogP contribution >= 0.6 is 0 Å². The zero-order valence-electron chi connectivity index (χ0n) is 7.66. The quantitative estimate of drug-likeness (QED) is 0.774. The van der Waals surface area contributed by atoms with E-state index in [0.29, 0.717) is 12.3 Å². The van der Waals surface area contributed by atoms with E-state index in [1.165, 1.54) is 12.1 Å². The van der Waals surface area contributed by atoms with Crippen molar-refractivity contribution in [3.05, 3.63) is 30.1 Å². The topological polar surface area (TPSA) is 35.2 Å². The van der Waals surface area contributed by atoms with Gasteiger partial charge in [0.1, 0.15) is 11.6 Å². The number of hydrogen-bond donors (Lipinski definition) is 1. The molecule has 1 unspecified atom stereocenters. The van der Waals surface area contributed by atoms with Gasteiger partial charge in [-0.2, -0.15) is 0 Å². The highest BCUT2D eigenvalue weighted by Crippen LogP contribution is 2.14. The van der Waals surface area contributed by atoms with Crippen LogP contribution in [0.1, 0.15) is 13.3 Å². The molecule has 0 radical (unpaired) electrons. The van der Waals surface area contributed by atoms with E-state index >= 15 is 0 Å². The molecule has 0 aliphatic carbocycles. The second-order valence-corrected chi connectivity index (χ2v) is 2.96. The highest BCUT2D eigenvalue weighted by molar-refractivity contribution is 5.22. The van der Waals surface area contributed by atoms with Gasteiger partial charge >= 0.3 is 0 Å². The number of nitrogens with two attached hydrogens (primary N) is 1. The lowest BCUT2D eigenvalue weighted by molar-refractivity contribution is 0.213. The average Bonchev–Trinajstić information content (AvgIpc) is 2.04. The Labute approximate surface area is 77.5 Å². The molecule has 1 aromatic rings. The summed E-state index contributed by atoms with van der Waals surface area (Å²) in [7, 11) is 0. The van der Waals surface area contributed by atoms with Crippen molar-refractivity contribution in [2.75, 3.05) is 6.54 Å². The lowest BCUT2D eigenvalue weighted by atomic mass is 10.3. The fraction of sp³-hybridized carbons (Fsp3) is 0.400. The fourth-order valence-corrected chi connectivity index (χ4v) is 1.07. The Kier molecular flexibility index (Phi) is 3.71. The smallest absolute Gasteiger partial charge is 0.126 e. The Morgan fingerprint density at radius 1 is 1.54 bits per heavy atom. The predicted octanol–water partition coefficient (Wildman–Crippen LogP) is 1.94. The van der Waals surface area contributed by atoms with E-state index in [0.717, 1.165) is 6.42 Å². The number of ether oxygens (including phenoxy) is 1. The van der Waals surface area contributed by atoms with Crippen molar-refractivity contribution < 1.29 is 9.13 Å². The minimum absolute atomic E-state index is 0.0341. The summed E-state index contributed by atoms with van der Waals surface area (Å²) < 4.78 is 18.1. The fourth-order valence-electron chi connectivity index (χ4n) is 1.07. The Morgan fingerprint density at radius 2 is 2.31 bits per heavy atom. The van der Waals surface area contributed by atoms with Crippen molar-refractivity contribution in [2.45, 2.75) is 19.4 Å². The lowest BCUT2D eigenvalue weighted by Crippen LogP contribution is -2.16. The molecule has 72 valence electrons. The number of rotatable bonds is 4. The molecule has 1 rings (SSSR count). The van der Waals surface area contributed by atoms with Gasteiger partial charge in [-0.05, 0) is 32.0 Å². The van der Waals surface area contributed by atoms with Crippen LogP contribution in [-0.4, -0.2) is 12.6 Å². The molecule has 0 fully saturated rings. The Hall–Kier alpha value is -1.09.